The van der Waals surface area contributed by atoms with E-state index >= 15 is 0 Å². The molecule has 0 bridgehead atoms. The first-order chi connectivity index (χ1) is 14.5. The standard InChI is InChI=1S/C25H27NO4/c1-18-10-12-21(13-11-18)26(17-19-8-6-5-7-9-19)24(27)16-20-14-22(28-2)25(30-4)23(15-20)29-3/h5-15H,16-17H2,1-4H3. The number of aryl methyl sites for hydroxylation is 1. The quantitative estimate of drug-likeness (QED) is 0.540. The van der Waals surface area contributed by atoms with Crippen LogP contribution in [0.15, 0.2) is 66.7 Å². The summed E-state index contributed by atoms with van der Waals surface area (Å²) in [5, 5.41) is 0. The number of benzene rings is 3. The molecule has 0 aromatic heterocycles. The minimum Gasteiger partial charge on any atom is -0.493 e. The summed E-state index contributed by atoms with van der Waals surface area (Å²) in [5.74, 6) is 1.56. The largest absolute Gasteiger partial charge is 0.493 e. The molecule has 0 atom stereocenters. The van der Waals surface area contributed by atoms with Crippen molar-refractivity contribution in [1.82, 2.24) is 0 Å². The van der Waals surface area contributed by atoms with E-state index in [9.17, 15) is 4.79 Å². The third-order valence-electron chi connectivity index (χ3n) is 4.91. The molecule has 3 rings (SSSR count). The molecule has 156 valence electrons. The van der Waals surface area contributed by atoms with Gasteiger partial charge in [0.1, 0.15) is 0 Å². The molecule has 0 aliphatic heterocycles. The van der Waals surface area contributed by atoms with Crippen LogP contribution in [0.4, 0.5) is 5.69 Å². The molecule has 5 nitrogen and oxygen atoms in total. The molecule has 3 aromatic rings. The molecule has 0 unspecified atom stereocenters. The number of hydrogen-bond acceptors (Lipinski definition) is 4. The Kier molecular flexibility index (Phi) is 6.96. The van der Waals surface area contributed by atoms with Crippen LogP contribution < -0.4 is 19.1 Å². The zero-order valence-electron chi connectivity index (χ0n) is 17.8. The first kappa shape index (κ1) is 21.2. The van der Waals surface area contributed by atoms with Crippen LogP contribution in [0.3, 0.4) is 0 Å². The summed E-state index contributed by atoms with van der Waals surface area (Å²) < 4.78 is 16.2. The summed E-state index contributed by atoms with van der Waals surface area (Å²) in [6, 6.07) is 21.6. The molecule has 0 N–H and O–H groups in total. The van der Waals surface area contributed by atoms with E-state index in [0.29, 0.717) is 23.8 Å². The average Bonchev–Trinajstić information content (AvgIpc) is 2.78. The number of nitrogens with zero attached hydrogens (tertiary/aromatic N) is 1. The zero-order valence-corrected chi connectivity index (χ0v) is 17.8. The lowest BCUT2D eigenvalue weighted by Gasteiger charge is -2.24. The molecule has 1 amide bonds. The van der Waals surface area contributed by atoms with Gasteiger partial charge in [0.25, 0.3) is 0 Å². The summed E-state index contributed by atoms with van der Waals surface area (Å²) in [4.78, 5) is 15.2. The van der Waals surface area contributed by atoms with Gasteiger partial charge >= 0.3 is 0 Å². The maximum Gasteiger partial charge on any atom is 0.231 e. The summed E-state index contributed by atoms with van der Waals surface area (Å²) in [6.07, 6.45) is 0.206. The fourth-order valence-corrected chi connectivity index (χ4v) is 3.32. The molecule has 3 aromatic carbocycles. The Morgan fingerprint density at radius 3 is 1.93 bits per heavy atom. The van der Waals surface area contributed by atoms with Crippen LogP contribution in [-0.4, -0.2) is 27.2 Å². The van der Waals surface area contributed by atoms with Crippen LogP contribution in [0.1, 0.15) is 16.7 Å². The van der Waals surface area contributed by atoms with Crippen molar-refractivity contribution in [3.8, 4) is 17.2 Å². The van der Waals surface area contributed by atoms with Crippen LogP contribution in [0.5, 0.6) is 17.2 Å². The number of carbonyl (C=O) groups excluding carboxylic acids is 1. The van der Waals surface area contributed by atoms with E-state index in [-0.39, 0.29) is 12.3 Å². The number of methoxy groups -OCH3 is 3. The molecule has 5 heteroatoms. The lowest BCUT2D eigenvalue weighted by atomic mass is 10.1. The first-order valence-corrected chi connectivity index (χ1v) is 9.75. The highest BCUT2D eigenvalue weighted by Gasteiger charge is 2.20. The minimum absolute atomic E-state index is 0.0167. The van der Waals surface area contributed by atoms with Crippen molar-refractivity contribution >= 4 is 11.6 Å². The molecular weight excluding hydrogens is 378 g/mol. The Morgan fingerprint density at radius 2 is 1.40 bits per heavy atom. The van der Waals surface area contributed by atoms with E-state index in [2.05, 4.69) is 0 Å². The number of rotatable bonds is 8. The fraction of sp³-hybridized carbons (Fsp3) is 0.240. The Balaban J connectivity index is 1.92. The second-order valence-electron chi connectivity index (χ2n) is 7.01. The molecule has 0 aliphatic carbocycles. The van der Waals surface area contributed by atoms with Crippen molar-refractivity contribution in [3.63, 3.8) is 0 Å². The van der Waals surface area contributed by atoms with E-state index in [4.69, 9.17) is 14.2 Å². The fourth-order valence-electron chi connectivity index (χ4n) is 3.32. The Hall–Kier alpha value is -3.47. The lowest BCUT2D eigenvalue weighted by Crippen LogP contribution is -2.31. The van der Waals surface area contributed by atoms with E-state index in [1.54, 1.807) is 26.2 Å². The molecule has 30 heavy (non-hydrogen) atoms. The Labute approximate surface area is 177 Å². The van der Waals surface area contributed by atoms with E-state index in [1.165, 1.54) is 0 Å². The normalized spacial score (nSPS) is 10.4. The molecule has 0 fully saturated rings. The SMILES string of the molecule is COc1cc(CC(=O)N(Cc2ccccc2)c2ccc(C)cc2)cc(OC)c1OC. The molecule has 0 saturated heterocycles. The number of carbonyl (C=O) groups is 1. The van der Waals surface area contributed by atoms with E-state index < -0.39 is 0 Å². The predicted molar refractivity (Wildman–Crippen MR) is 119 cm³/mol. The van der Waals surface area contributed by atoms with Crippen LogP contribution >= 0.6 is 0 Å². The minimum atomic E-state index is -0.0167. The third kappa shape index (κ3) is 4.92. The Bertz CT molecular complexity index is 959. The number of amides is 1. The van der Waals surface area contributed by atoms with Gasteiger partial charge in [0.2, 0.25) is 11.7 Å². The number of hydrogen-bond donors (Lipinski definition) is 0. The number of ether oxygens (including phenoxy) is 3. The van der Waals surface area contributed by atoms with Gasteiger partial charge in [-0.1, -0.05) is 48.0 Å². The van der Waals surface area contributed by atoms with Crippen molar-refractivity contribution < 1.29 is 19.0 Å². The van der Waals surface area contributed by atoms with Crippen molar-refractivity contribution in [2.45, 2.75) is 19.9 Å². The molecule has 0 radical (unpaired) electrons. The van der Waals surface area contributed by atoms with Crippen LogP contribution in [0.25, 0.3) is 0 Å². The molecule has 0 heterocycles. The van der Waals surface area contributed by atoms with Gasteiger partial charge in [-0.05, 0) is 42.3 Å². The van der Waals surface area contributed by atoms with Crippen LogP contribution in [-0.2, 0) is 17.8 Å². The van der Waals surface area contributed by atoms with Crippen molar-refractivity contribution in [2.24, 2.45) is 0 Å². The van der Waals surface area contributed by atoms with Crippen molar-refractivity contribution in [3.05, 3.63) is 83.4 Å². The zero-order chi connectivity index (χ0) is 21.5. The van der Waals surface area contributed by atoms with Crippen LogP contribution in [0.2, 0.25) is 0 Å². The van der Waals surface area contributed by atoms with Gasteiger partial charge < -0.3 is 19.1 Å². The van der Waals surface area contributed by atoms with E-state index in [1.807, 2.05) is 73.7 Å². The monoisotopic (exact) mass is 405 g/mol. The van der Waals surface area contributed by atoms with Gasteiger partial charge in [-0.25, -0.2) is 0 Å². The smallest absolute Gasteiger partial charge is 0.231 e. The first-order valence-electron chi connectivity index (χ1n) is 9.75. The van der Waals surface area contributed by atoms with Crippen LogP contribution in [0, 0.1) is 6.92 Å². The topological polar surface area (TPSA) is 48.0 Å². The lowest BCUT2D eigenvalue weighted by molar-refractivity contribution is -0.118. The van der Waals surface area contributed by atoms with Gasteiger partial charge in [-0.3, -0.25) is 4.79 Å². The van der Waals surface area contributed by atoms with Gasteiger partial charge in [0, 0.05) is 5.69 Å². The molecular formula is C25H27NO4. The summed E-state index contributed by atoms with van der Waals surface area (Å²) >= 11 is 0. The molecule has 0 saturated carbocycles. The van der Waals surface area contributed by atoms with Crippen molar-refractivity contribution in [2.75, 3.05) is 26.2 Å². The summed E-state index contributed by atoms with van der Waals surface area (Å²) in [7, 11) is 4.69. The van der Waals surface area contributed by atoms with Gasteiger partial charge in [0.15, 0.2) is 11.5 Å². The van der Waals surface area contributed by atoms with Gasteiger partial charge in [0.05, 0.1) is 34.3 Å². The molecule has 0 aliphatic rings. The van der Waals surface area contributed by atoms with Gasteiger partial charge in [-0.15, -0.1) is 0 Å². The Morgan fingerprint density at radius 1 is 0.800 bits per heavy atom. The molecule has 0 spiro atoms. The van der Waals surface area contributed by atoms with E-state index in [0.717, 1.165) is 22.4 Å². The highest BCUT2D eigenvalue weighted by molar-refractivity contribution is 5.94. The second-order valence-corrected chi connectivity index (χ2v) is 7.01. The number of anilines is 1. The van der Waals surface area contributed by atoms with Gasteiger partial charge in [-0.2, -0.15) is 0 Å². The van der Waals surface area contributed by atoms with Crippen molar-refractivity contribution in [1.29, 1.82) is 0 Å². The summed E-state index contributed by atoms with van der Waals surface area (Å²) in [6.45, 7) is 2.52. The highest BCUT2D eigenvalue weighted by atomic mass is 16.5. The predicted octanol–water partition coefficient (Wildman–Crippen LogP) is 4.80. The third-order valence-corrected chi connectivity index (χ3v) is 4.91. The maximum atomic E-state index is 13.4. The summed E-state index contributed by atoms with van der Waals surface area (Å²) in [5.41, 5.74) is 3.87. The average molecular weight is 405 g/mol. The second kappa shape index (κ2) is 9.83. The maximum absolute atomic E-state index is 13.4. The highest BCUT2D eigenvalue weighted by Crippen LogP contribution is 2.38.